The number of ether oxygens (including phenoxy) is 1. The van der Waals surface area contributed by atoms with E-state index in [9.17, 15) is 4.79 Å². The molecule has 2 aromatic rings. The summed E-state index contributed by atoms with van der Waals surface area (Å²) in [5, 5.41) is 3.40. The van der Waals surface area contributed by atoms with Crippen LogP contribution in [0.3, 0.4) is 0 Å². The number of amides is 1. The topological polar surface area (TPSA) is 80.2 Å². The highest BCUT2D eigenvalue weighted by Gasteiger charge is 2.44. The van der Waals surface area contributed by atoms with Crippen LogP contribution >= 0.6 is 0 Å². The Hall–Kier alpha value is -2.54. The lowest BCUT2D eigenvalue weighted by Gasteiger charge is -2.38. The van der Waals surface area contributed by atoms with Crippen LogP contribution < -0.4 is 5.32 Å². The number of pyridine rings is 1. The lowest BCUT2D eigenvalue weighted by molar-refractivity contribution is -0.132. The standard InChI is InChI=1S/C19H23N5O2/c25-17(12-15-4-1-2-7-20-15)24-10-6-19(14-24)13-16(5-11-26-19)23-18-21-8-3-9-22-18/h1-4,7-9,16H,5-6,10-14H2,(H,21,22,23)/t16-,19-/m0/s1. The van der Waals surface area contributed by atoms with E-state index in [-0.39, 0.29) is 17.6 Å². The van der Waals surface area contributed by atoms with Gasteiger partial charge in [0.15, 0.2) is 0 Å². The summed E-state index contributed by atoms with van der Waals surface area (Å²) in [5.74, 6) is 0.765. The second-order valence-corrected chi connectivity index (χ2v) is 7.00. The number of likely N-dealkylation sites (tertiary alicyclic amines) is 1. The van der Waals surface area contributed by atoms with Crippen LogP contribution in [0.15, 0.2) is 42.9 Å². The van der Waals surface area contributed by atoms with E-state index in [0.29, 0.717) is 25.5 Å². The van der Waals surface area contributed by atoms with Gasteiger partial charge in [-0.05, 0) is 37.5 Å². The Morgan fingerprint density at radius 3 is 2.88 bits per heavy atom. The molecular formula is C19H23N5O2. The van der Waals surface area contributed by atoms with E-state index in [1.807, 2.05) is 23.1 Å². The first-order chi connectivity index (χ1) is 12.7. The van der Waals surface area contributed by atoms with E-state index < -0.39 is 0 Å². The maximum atomic E-state index is 12.6. The Labute approximate surface area is 152 Å². The smallest absolute Gasteiger partial charge is 0.228 e. The minimum Gasteiger partial charge on any atom is -0.373 e. The molecule has 1 spiro atoms. The summed E-state index contributed by atoms with van der Waals surface area (Å²) in [6, 6.07) is 7.72. The van der Waals surface area contributed by atoms with Crippen molar-refractivity contribution in [1.29, 1.82) is 0 Å². The average Bonchev–Trinajstić information content (AvgIpc) is 3.07. The van der Waals surface area contributed by atoms with Gasteiger partial charge in [0.05, 0.1) is 12.0 Å². The Morgan fingerprint density at radius 1 is 1.23 bits per heavy atom. The van der Waals surface area contributed by atoms with Gasteiger partial charge < -0.3 is 15.0 Å². The second kappa shape index (κ2) is 7.37. The van der Waals surface area contributed by atoms with Crippen molar-refractivity contribution in [2.75, 3.05) is 25.0 Å². The Bertz CT molecular complexity index is 742. The summed E-state index contributed by atoms with van der Waals surface area (Å²) in [6.07, 6.45) is 8.18. The fraction of sp³-hybridized carbons (Fsp3) is 0.474. The predicted octanol–water partition coefficient (Wildman–Crippen LogP) is 1.68. The van der Waals surface area contributed by atoms with E-state index in [2.05, 4.69) is 20.3 Å². The van der Waals surface area contributed by atoms with Gasteiger partial charge in [-0.1, -0.05) is 6.07 Å². The highest BCUT2D eigenvalue weighted by molar-refractivity contribution is 5.78. The van der Waals surface area contributed by atoms with Gasteiger partial charge in [-0.2, -0.15) is 0 Å². The molecule has 2 aromatic heterocycles. The molecule has 0 aliphatic carbocycles. The van der Waals surface area contributed by atoms with Gasteiger partial charge in [0.1, 0.15) is 0 Å². The summed E-state index contributed by atoms with van der Waals surface area (Å²) in [5.41, 5.74) is 0.550. The van der Waals surface area contributed by atoms with E-state index in [0.717, 1.165) is 31.5 Å². The molecule has 7 nitrogen and oxygen atoms in total. The highest BCUT2D eigenvalue weighted by atomic mass is 16.5. The van der Waals surface area contributed by atoms with Crippen LogP contribution in [-0.2, 0) is 16.0 Å². The molecule has 2 saturated heterocycles. The normalized spacial score (nSPS) is 25.4. The van der Waals surface area contributed by atoms with E-state index in [1.165, 1.54) is 0 Å². The monoisotopic (exact) mass is 353 g/mol. The quantitative estimate of drug-likeness (QED) is 0.901. The van der Waals surface area contributed by atoms with Crippen molar-refractivity contribution in [2.45, 2.75) is 37.3 Å². The third-order valence-corrected chi connectivity index (χ3v) is 5.12. The van der Waals surface area contributed by atoms with Crippen LogP contribution in [0.25, 0.3) is 0 Å². The number of anilines is 1. The van der Waals surface area contributed by atoms with Crippen LogP contribution in [0.2, 0.25) is 0 Å². The SMILES string of the molecule is O=C(Cc1ccccn1)N1CC[C@]2(C[C@@H](Nc3ncccn3)CCO2)C1. The number of hydrogen-bond donors (Lipinski definition) is 1. The lowest BCUT2D eigenvalue weighted by atomic mass is 9.89. The summed E-state index contributed by atoms with van der Waals surface area (Å²) >= 11 is 0. The summed E-state index contributed by atoms with van der Waals surface area (Å²) in [7, 11) is 0. The first-order valence-corrected chi connectivity index (χ1v) is 9.08. The first-order valence-electron chi connectivity index (χ1n) is 9.08. The molecule has 0 radical (unpaired) electrons. The molecule has 0 bridgehead atoms. The molecule has 1 amide bonds. The maximum absolute atomic E-state index is 12.6. The minimum absolute atomic E-state index is 0.116. The van der Waals surface area contributed by atoms with Crippen molar-refractivity contribution in [3.8, 4) is 0 Å². The number of nitrogens with one attached hydrogen (secondary N) is 1. The van der Waals surface area contributed by atoms with Crippen LogP contribution in [-0.4, -0.2) is 57.1 Å². The largest absolute Gasteiger partial charge is 0.373 e. The Kier molecular flexibility index (Phi) is 4.79. The van der Waals surface area contributed by atoms with Crippen LogP contribution in [0.1, 0.15) is 25.0 Å². The molecule has 2 aliphatic heterocycles. The van der Waals surface area contributed by atoms with Crippen LogP contribution in [0.4, 0.5) is 5.95 Å². The number of carbonyl (C=O) groups excluding carboxylic acids is 1. The third kappa shape index (κ3) is 3.83. The van der Waals surface area contributed by atoms with E-state index >= 15 is 0 Å². The van der Waals surface area contributed by atoms with Gasteiger partial charge in [-0.3, -0.25) is 9.78 Å². The Balaban J connectivity index is 1.36. The number of nitrogens with zero attached hydrogens (tertiary/aromatic N) is 4. The van der Waals surface area contributed by atoms with Crippen molar-refractivity contribution in [3.05, 3.63) is 48.5 Å². The van der Waals surface area contributed by atoms with E-state index in [4.69, 9.17) is 4.74 Å². The molecule has 0 aromatic carbocycles. The van der Waals surface area contributed by atoms with Gasteiger partial charge in [0.2, 0.25) is 11.9 Å². The van der Waals surface area contributed by atoms with Crippen molar-refractivity contribution < 1.29 is 9.53 Å². The van der Waals surface area contributed by atoms with Gasteiger partial charge >= 0.3 is 0 Å². The molecule has 4 heterocycles. The van der Waals surface area contributed by atoms with Gasteiger partial charge in [-0.25, -0.2) is 9.97 Å². The number of rotatable bonds is 4. The van der Waals surface area contributed by atoms with Crippen molar-refractivity contribution in [1.82, 2.24) is 19.9 Å². The lowest BCUT2D eigenvalue weighted by Crippen LogP contribution is -2.47. The summed E-state index contributed by atoms with van der Waals surface area (Å²) in [6.45, 7) is 2.07. The van der Waals surface area contributed by atoms with Crippen LogP contribution in [0.5, 0.6) is 0 Å². The molecule has 2 atom stereocenters. The van der Waals surface area contributed by atoms with Crippen molar-refractivity contribution in [3.63, 3.8) is 0 Å². The zero-order valence-corrected chi connectivity index (χ0v) is 14.7. The molecular weight excluding hydrogens is 330 g/mol. The number of hydrogen-bond acceptors (Lipinski definition) is 6. The molecule has 2 fully saturated rings. The van der Waals surface area contributed by atoms with Gasteiger partial charge in [0.25, 0.3) is 0 Å². The highest BCUT2D eigenvalue weighted by Crippen LogP contribution is 2.35. The zero-order chi connectivity index (χ0) is 17.8. The molecule has 136 valence electrons. The minimum atomic E-state index is -0.259. The molecule has 7 heteroatoms. The van der Waals surface area contributed by atoms with Crippen molar-refractivity contribution in [2.24, 2.45) is 0 Å². The molecule has 0 unspecified atom stereocenters. The number of carbonyl (C=O) groups is 1. The van der Waals surface area contributed by atoms with Gasteiger partial charge in [-0.15, -0.1) is 0 Å². The zero-order valence-electron chi connectivity index (χ0n) is 14.7. The molecule has 2 aliphatic rings. The molecule has 26 heavy (non-hydrogen) atoms. The third-order valence-electron chi connectivity index (χ3n) is 5.12. The number of aromatic nitrogens is 3. The maximum Gasteiger partial charge on any atom is 0.228 e. The first kappa shape index (κ1) is 16.9. The summed E-state index contributed by atoms with van der Waals surface area (Å²) in [4.78, 5) is 27.3. The predicted molar refractivity (Wildman–Crippen MR) is 96.5 cm³/mol. The molecule has 1 N–H and O–H groups in total. The fourth-order valence-corrected chi connectivity index (χ4v) is 3.82. The molecule has 4 rings (SSSR count). The summed E-state index contributed by atoms with van der Waals surface area (Å²) < 4.78 is 6.13. The van der Waals surface area contributed by atoms with Crippen molar-refractivity contribution >= 4 is 11.9 Å². The average molecular weight is 353 g/mol. The van der Waals surface area contributed by atoms with Crippen LogP contribution in [0, 0.1) is 0 Å². The van der Waals surface area contributed by atoms with E-state index in [1.54, 1.807) is 24.7 Å². The Morgan fingerprint density at radius 2 is 2.08 bits per heavy atom. The fourth-order valence-electron chi connectivity index (χ4n) is 3.82. The molecule has 0 saturated carbocycles. The van der Waals surface area contributed by atoms with Gasteiger partial charge in [0, 0.05) is 50.0 Å². The second-order valence-electron chi connectivity index (χ2n) is 7.00.